The van der Waals surface area contributed by atoms with E-state index in [2.05, 4.69) is 23.5 Å². The van der Waals surface area contributed by atoms with Gasteiger partial charge in [-0.2, -0.15) is 0 Å². The van der Waals surface area contributed by atoms with Gasteiger partial charge in [0, 0.05) is 0 Å². The third-order valence-corrected chi connectivity index (χ3v) is 4.91. The van der Waals surface area contributed by atoms with Crippen LogP contribution in [0, 0.1) is 0 Å². The highest BCUT2D eigenvalue weighted by Crippen LogP contribution is 2.24. The standard InChI is InChI=1S/C22H25NO4/c1-15(17-12-11-16-7-3-4-8-18(16)13-17)23-21(24)14-27-22(25)19-9-5-6-10-20(19)26-2/h5-6,9-13,15H,3-4,7-8,14H2,1-2H3,(H,23,24). The molecule has 0 fully saturated rings. The van der Waals surface area contributed by atoms with Gasteiger partial charge in [-0.3, -0.25) is 4.79 Å². The first-order valence-corrected chi connectivity index (χ1v) is 9.29. The number of hydrogen-bond donors (Lipinski definition) is 1. The molecule has 2 aromatic rings. The van der Waals surface area contributed by atoms with Crippen LogP contribution in [0.1, 0.15) is 52.9 Å². The van der Waals surface area contributed by atoms with E-state index in [1.165, 1.54) is 31.1 Å². The average Bonchev–Trinajstić information content (AvgIpc) is 2.71. The van der Waals surface area contributed by atoms with Crippen molar-refractivity contribution in [1.29, 1.82) is 0 Å². The smallest absolute Gasteiger partial charge is 0.342 e. The predicted molar refractivity (Wildman–Crippen MR) is 103 cm³/mol. The summed E-state index contributed by atoms with van der Waals surface area (Å²) in [5, 5.41) is 2.89. The Morgan fingerprint density at radius 2 is 1.81 bits per heavy atom. The number of esters is 1. The van der Waals surface area contributed by atoms with Crippen molar-refractivity contribution < 1.29 is 19.1 Å². The lowest BCUT2D eigenvalue weighted by Gasteiger charge is -2.20. The molecule has 5 heteroatoms. The maximum absolute atomic E-state index is 12.2. The van der Waals surface area contributed by atoms with Crippen LogP contribution >= 0.6 is 0 Å². The summed E-state index contributed by atoms with van der Waals surface area (Å²) in [6.45, 7) is 1.61. The Labute approximate surface area is 159 Å². The normalized spacial score (nSPS) is 14.0. The highest BCUT2D eigenvalue weighted by molar-refractivity contribution is 5.94. The van der Waals surface area contributed by atoms with Gasteiger partial charge in [-0.05, 0) is 61.4 Å². The van der Waals surface area contributed by atoms with E-state index in [-0.39, 0.29) is 18.6 Å². The second-order valence-corrected chi connectivity index (χ2v) is 6.80. The van der Waals surface area contributed by atoms with Crippen molar-refractivity contribution in [2.45, 2.75) is 38.6 Å². The van der Waals surface area contributed by atoms with Gasteiger partial charge in [0.15, 0.2) is 6.61 Å². The number of rotatable bonds is 6. The van der Waals surface area contributed by atoms with Crippen LogP contribution in [0.15, 0.2) is 42.5 Å². The van der Waals surface area contributed by atoms with Crippen LogP contribution in [-0.4, -0.2) is 25.6 Å². The number of fused-ring (bicyclic) bond motifs is 1. The lowest BCUT2D eigenvalue weighted by Crippen LogP contribution is -2.31. The molecule has 0 heterocycles. The maximum atomic E-state index is 12.2. The van der Waals surface area contributed by atoms with Crippen LogP contribution in [0.4, 0.5) is 0 Å². The number of hydrogen-bond acceptors (Lipinski definition) is 4. The highest BCUT2D eigenvalue weighted by Gasteiger charge is 2.17. The molecular formula is C22H25NO4. The first kappa shape index (κ1) is 19.0. The first-order valence-electron chi connectivity index (χ1n) is 9.29. The zero-order valence-corrected chi connectivity index (χ0v) is 15.8. The van der Waals surface area contributed by atoms with E-state index in [1.807, 2.05) is 6.92 Å². The lowest BCUT2D eigenvalue weighted by atomic mass is 9.89. The summed E-state index contributed by atoms with van der Waals surface area (Å²) < 4.78 is 10.3. The molecule has 1 unspecified atom stereocenters. The molecule has 142 valence electrons. The number of ether oxygens (including phenoxy) is 2. The zero-order valence-electron chi connectivity index (χ0n) is 15.8. The number of amides is 1. The van der Waals surface area contributed by atoms with Gasteiger partial charge in [-0.25, -0.2) is 4.79 Å². The van der Waals surface area contributed by atoms with Gasteiger partial charge in [0.25, 0.3) is 5.91 Å². The summed E-state index contributed by atoms with van der Waals surface area (Å²) in [6.07, 6.45) is 4.70. The molecule has 0 bridgehead atoms. The maximum Gasteiger partial charge on any atom is 0.342 e. The predicted octanol–water partition coefficient (Wildman–Crippen LogP) is 3.61. The van der Waals surface area contributed by atoms with E-state index in [0.717, 1.165) is 18.4 Å². The quantitative estimate of drug-likeness (QED) is 0.792. The average molecular weight is 367 g/mol. The molecule has 1 N–H and O–H groups in total. The Morgan fingerprint density at radius 3 is 2.59 bits per heavy atom. The molecule has 1 aliphatic carbocycles. The molecule has 27 heavy (non-hydrogen) atoms. The summed E-state index contributed by atoms with van der Waals surface area (Å²) in [4.78, 5) is 24.3. The molecule has 3 rings (SSSR count). The fourth-order valence-electron chi connectivity index (χ4n) is 3.41. The number of carbonyl (C=O) groups is 2. The Bertz CT molecular complexity index is 831. The number of para-hydroxylation sites is 1. The van der Waals surface area contributed by atoms with E-state index in [4.69, 9.17) is 9.47 Å². The minimum absolute atomic E-state index is 0.144. The van der Waals surface area contributed by atoms with Crippen LogP contribution < -0.4 is 10.1 Å². The van der Waals surface area contributed by atoms with Crippen LogP contribution in [-0.2, 0) is 22.4 Å². The monoisotopic (exact) mass is 367 g/mol. The number of carbonyl (C=O) groups excluding carboxylic acids is 2. The number of benzene rings is 2. The molecule has 1 amide bonds. The highest BCUT2D eigenvalue weighted by atomic mass is 16.5. The van der Waals surface area contributed by atoms with E-state index in [0.29, 0.717) is 11.3 Å². The van der Waals surface area contributed by atoms with Gasteiger partial charge in [0.2, 0.25) is 0 Å². The molecule has 5 nitrogen and oxygen atoms in total. The Kier molecular flexibility index (Phi) is 6.12. The molecule has 0 radical (unpaired) electrons. The van der Waals surface area contributed by atoms with Crippen molar-refractivity contribution in [3.63, 3.8) is 0 Å². The second-order valence-electron chi connectivity index (χ2n) is 6.80. The van der Waals surface area contributed by atoms with Crippen molar-refractivity contribution in [1.82, 2.24) is 5.32 Å². The van der Waals surface area contributed by atoms with Crippen molar-refractivity contribution >= 4 is 11.9 Å². The molecule has 0 spiro atoms. The molecule has 0 aromatic heterocycles. The lowest BCUT2D eigenvalue weighted by molar-refractivity contribution is -0.124. The minimum Gasteiger partial charge on any atom is -0.496 e. The van der Waals surface area contributed by atoms with Crippen LogP contribution in [0.2, 0.25) is 0 Å². The molecule has 2 aromatic carbocycles. The van der Waals surface area contributed by atoms with Crippen molar-refractivity contribution in [3.8, 4) is 5.75 Å². The van der Waals surface area contributed by atoms with Gasteiger partial charge in [-0.1, -0.05) is 30.3 Å². The molecule has 0 aliphatic heterocycles. The third-order valence-electron chi connectivity index (χ3n) is 4.91. The fraction of sp³-hybridized carbons (Fsp3) is 0.364. The van der Waals surface area contributed by atoms with Crippen LogP contribution in [0.5, 0.6) is 5.75 Å². The summed E-state index contributed by atoms with van der Waals surface area (Å²) >= 11 is 0. The van der Waals surface area contributed by atoms with Gasteiger partial charge < -0.3 is 14.8 Å². The fourth-order valence-corrected chi connectivity index (χ4v) is 3.41. The first-order chi connectivity index (χ1) is 13.1. The topological polar surface area (TPSA) is 64.6 Å². The number of methoxy groups -OCH3 is 1. The van der Waals surface area contributed by atoms with Crippen LogP contribution in [0.3, 0.4) is 0 Å². The van der Waals surface area contributed by atoms with Crippen molar-refractivity contribution in [2.24, 2.45) is 0 Å². The number of aryl methyl sites for hydroxylation is 2. The minimum atomic E-state index is -0.580. The summed E-state index contributed by atoms with van der Waals surface area (Å²) in [5.74, 6) is -0.488. The third kappa shape index (κ3) is 4.67. The van der Waals surface area contributed by atoms with E-state index in [9.17, 15) is 9.59 Å². The molecule has 0 saturated carbocycles. The van der Waals surface area contributed by atoms with Gasteiger partial charge in [0.1, 0.15) is 11.3 Å². The summed E-state index contributed by atoms with van der Waals surface area (Å²) in [6, 6.07) is 13.0. The van der Waals surface area contributed by atoms with Gasteiger partial charge >= 0.3 is 5.97 Å². The van der Waals surface area contributed by atoms with Gasteiger partial charge in [0.05, 0.1) is 13.2 Å². The molecule has 1 atom stereocenters. The van der Waals surface area contributed by atoms with Gasteiger partial charge in [-0.15, -0.1) is 0 Å². The molecule has 0 saturated heterocycles. The van der Waals surface area contributed by atoms with E-state index >= 15 is 0 Å². The zero-order chi connectivity index (χ0) is 19.2. The van der Waals surface area contributed by atoms with Crippen molar-refractivity contribution in [3.05, 3.63) is 64.7 Å². The van der Waals surface area contributed by atoms with Crippen LogP contribution in [0.25, 0.3) is 0 Å². The number of nitrogens with one attached hydrogen (secondary N) is 1. The summed E-state index contributed by atoms with van der Waals surface area (Å²) in [7, 11) is 1.49. The Hall–Kier alpha value is -2.82. The largest absolute Gasteiger partial charge is 0.496 e. The van der Waals surface area contributed by atoms with Crippen molar-refractivity contribution in [2.75, 3.05) is 13.7 Å². The van der Waals surface area contributed by atoms with E-state index < -0.39 is 5.97 Å². The molecular weight excluding hydrogens is 342 g/mol. The Morgan fingerprint density at radius 1 is 1.07 bits per heavy atom. The SMILES string of the molecule is COc1ccccc1C(=O)OCC(=O)NC(C)c1ccc2c(c1)CCCC2. The summed E-state index contributed by atoms with van der Waals surface area (Å²) in [5.41, 5.74) is 4.16. The molecule has 1 aliphatic rings. The van der Waals surface area contributed by atoms with E-state index in [1.54, 1.807) is 24.3 Å². The second kappa shape index (κ2) is 8.71. The Balaban J connectivity index is 1.55.